The van der Waals surface area contributed by atoms with Gasteiger partial charge in [0.25, 0.3) is 0 Å². The molecule has 2 atom stereocenters. The monoisotopic (exact) mass is 512 g/mol. The Balaban J connectivity index is 1.31. The molecule has 0 saturated carbocycles. The summed E-state index contributed by atoms with van der Waals surface area (Å²) in [5.41, 5.74) is 3.51. The molecular weight excluding hydrogens is 476 g/mol. The van der Waals surface area contributed by atoms with Crippen molar-refractivity contribution in [3.63, 3.8) is 0 Å². The van der Waals surface area contributed by atoms with Crippen LogP contribution in [0, 0.1) is 17.2 Å². The molecule has 0 aliphatic carbocycles. The van der Waals surface area contributed by atoms with Crippen LogP contribution in [0.4, 0.5) is 11.5 Å². The van der Waals surface area contributed by atoms with Crippen LogP contribution in [0.25, 0.3) is 10.8 Å². The Hall–Kier alpha value is -3.41. The van der Waals surface area contributed by atoms with E-state index in [1.54, 1.807) is 0 Å². The Morgan fingerprint density at radius 2 is 1.97 bits per heavy atom. The maximum absolute atomic E-state index is 9.31. The number of ether oxygens (including phenoxy) is 2. The summed E-state index contributed by atoms with van der Waals surface area (Å²) in [6.45, 7) is 6.27. The van der Waals surface area contributed by atoms with E-state index < -0.39 is 0 Å². The maximum atomic E-state index is 9.31. The Morgan fingerprint density at radius 1 is 1.08 bits per heavy atom. The molecule has 198 valence electrons. The lowest BCUT2D eigenvalue weighted by Gasteiger charge is -2.37. The van der Waals surface area contributed by atoms with Crippen molar-refractivity contribution in [3.05, 3.63) is 53.7 Å². The molecule has 3 aliphatic heterocycles. The highest BCUT2D eigenvalue weighted by atomic mass is 16.5. The zero-order valence-electron chi connectivity index (χ0n) is 22.2. The SMILES string of the molecule is CN1CCOC[C@H]1COc1nc2c(c(N3CCCC(CC#N)C3)n1)CCN(c1cccc3ccccc13)C2. The fourth-order valence-corrected chi connectivity index (χ4v) is 6.04. The molecule has 0 amide bonds. The third-order valence-electron chi connectivity index (χ3n) is 8.26. The molecule has 8 nitrogen and oxygen atoms in total. The molecule has 3 aromatic rings. The van der Waals surface area contributed by atoms with E-state index in [9.17, 15) is 5.26 Å². The van der Waals surface area contributed by atoms with Crippen molar-refractivity contribution >= 4 is 22.3 Å². The molecule has 6 rings (SSSR count). The van der Waals surface area contributed by atoms with Crippen molar-refractivity contribution in [3.8, 4) is 12.1 Å². The van der Waals surface area contributed by atoms with E-state index in [0.29, 0.717) is 31.6 Å². The Labute approximate surface area is 224 Å². The van der Waals surface area contributed by atoms with Gasteiger partial charge in [0.2, 0.25) is 0 Å². The fourth-order valence-electron chi connectivity index (χ4n) is 6.04. The van der Waals surface area contributed by atoms with Crippen LogP contribution in [-0.4, -0.2) is 74.0 Å². The zero-order chi connectivity index (χ0) is 25.9. The van der Waals surface area contributed by atoms with Gasteiger partial charge in [0.15, 0.2) is 0 Å². The molecular formula is C30H36N6O2. The number of morpholine rings is 1. The minimum Gasteiger partial charge on any atom is -0.462 e. The number of piperidine rings is 1. The van der Waals surface area contributed by atoms with E-state index in [1.165, 1.54) is 22.0 Å². The largest absolute Gasteiger partial charge is 0.462 e. The molecule has 0 N–H and O–H groups in total. The molecule has 4 heterocycles. The minimum atomic E-state index is 0.189. The summed E-state index contributed by atoms with van der Waals surface area (Å²) in [6, 6.07) is 18.1. The number of hydrogen-bond donors (Lipinski definition) is 0. The summed E-state index contributed by atoms with van der Waals surface area (Å²) < 4.78 is 11.9. The van der Waals surface area contributed by atoms with Crippen molar-refractivity contribution in [2.24, 2.45) is 5.92 Å². The first kappa shape index (κ1) is 24.9. The number of benzene rings is 2. The van der Waals surface area contributed by atoms with Crippen LogP contribution in [0.5, 0.6) is 6.01 Å². The number of nitrogens with zero attached hydrogens (tertiary/aromatic N) is 6. The van der Waals surface area contributed by atoms with Gasteiger partial charge < -0.3 is 19.3 Å². The molecule has 8 heteroatoms. The Kier molecular flexibility index (Phi) is 7.30. The van der Waals surface area contributed by atoms with Crippen molar-refractivity contribution in [1.82, 2.24) is 14.9 Å². The highest BCUT2D eigenvalue weighted by Crippen LogP contribution is 2.35. The van der Waals surface area contributed by atoms with Crippen LogP contribution in [0.15, 0.2) is 42.5 Å². The second-order valence-electron chi connectivity index (χ2n) is 10.8. The molecule has 2 fully saturated rings. The normalized spacial score (nSPS) is 22.2. The molecule has 1 aromatic heterocycles. The van der Waals surface area contributed by atoms with Gasteiger partial charge in [0.05, 0.1) is 37.6 Å². The van der Waals surface area contributed by atoms with Gasteiger partial charge in [0.1, 0.15) is 12.4 Å². The van der Waals surface area contributed by atoms with E-state index >= 15 is 0 Å². The predicted molar refractivity (Wildman–Crippen MR) is 149 cm³/mol. The summed E-state index contributed by atoms with van der Waals surface area (Å²) in [7, 11) is 2.11. The van der Waals surface area contributed by atoms with Crippen LogP contribution < -0.4 is 14.5 Å². The van der Waals surface area contributed by atoms with E-state index in [-0.39, 0.29) is 6.04 Å². The quantitative estimate of drug-likeness (QED) is 0.490. The summed E-state index contributed by atoms with van der Waals surface area (Å²) in [5.74, 6) is 1.38. The van der Waals surface area contributed by atoms with Gasteiger partial charge in [-0.2, -0.15) is 15.2 Å². The molecule has 0 spiro atoms. The number of rotatable bonds is 6. The first-order valence-electron chi connectivity index (χ1n) is 13.8. The van der Waals surface area contributed by atoms with Crippen molar-refractivity contribution in [2.45, 2.75) is 38.3 Å². The van der Waals surface area contributed by atoms with Crippen LogP contribution in [0.1, 0.15) is 30.5 Å². The highest BCUT2D eigenvalue weighted by Gasteiger charge is 2.30. The second-order valence-corrected chi connectivity index (χ2v) is 10.8. The minimum absolute atomic E-state index is 0.189. The van der Waals surface area contributed by atoms with Gasteiger partial charge >= 0.3 is 6.01 Å². The van der Waals surface area contributed by atoms with Gasteiger partial charge in [-0.1, -0.05) is 36.4 Å². The number of anilines is 2. The van der Waals surface area contributed by atoms with Gasteiger partial charge in [-0.3, -0.25) is 4.90 Å². The third kappa shape index (κ3) is 5.13. The third-order valence-corrected chi connectivity index (χ3v) is 8.26. The van der Waals surface area contributed by atoms with Crippen LogP contribution in [-0.2, 0) is 17.7 Å². The van der Waals surface area contributed by atoms with Crippen molar-refractivity contribution in [1.29, 1.82) is 5.26 Å². The number of likely N-dealkylation sites (N-methyl/N-ethyl adjacent to an activating group) is 1. The number of aromatic nitrogens is 2. The lowest BCUT2D eigenvalue weighted by molar-refractivity contribution is -0.0120. The molecule has 2 aromatic carbocycles. The Bertz CT molecular complexity index is 1320. The average Bonchev–Trinajstić information content (AvgIpc) is 2.96. The molecule has 0 bridgehead atoms. The second kappa shape index (κ2) is 11.1. The van der Waals surface area contributed by atoms with Gasteiger partial charge in [-0.15, -0.1) is 0 Å². The lowest BCUT2D eigenvalue weighted by atomic mass is 9.94. The summed E-state index contributed by atoms with van der Waals surface area (Å²) >= 11 is 0. The number of hydrogen-bond acceptors (Lipinski definition) is 8. The van der Waals surface area contributed by atoms with E-state index in [0.717, 1.165) is 70.1 Å². The van der Waals surface area contributed by atoms with Crippen LogP contribution in [0.3, 0.4) is 0 Å². The van der Waals surface area contributed by atoms with Gasteiger partial charge in [-0.25, -0.2) is 0 Å². The van der Waals surface area contributed by atoms with E-state index in [4.69, 9.17) is 19.4 Å². The standard InChI is InChI=1S/C30H36N6O2/c1-34-16-17-37-20-24(34)21-38-30-32-27-19-35(28-10-4-8-23-7-2-3-9-25(23)28)15-12-26(27)29(33-30)36-14-5-6-22(18-36)11-13-31/h2-4,7-10,22,24H,5-6,11-12,14-21H2,1H3/t22?,24-/m0/s1. The van der Waals surface area contributed by atoms with Crippen LogP contribution >= 0.6 is 0 Å². The average molecular weight is 513 g/mol. The van der Waals surface area contributed by atoms with E-state index in [2.05, 4.69) is 70.3 Å². The topological polar surface area (TPSA) is 77.8 Å². The first-order valence-corrected chi connectivity index (χ1v) is 13.8. The molecule has 0 radical (unpaired) electrons. The zero-order valence-corrected chi connectivity index (χ0v) is 22.2. The smallest absolute Gasteiger partial charge is 0.318 e. The van der Waals surface area contributed by atoms with Crippen LogP contribution in [0.2, 0.25) is 0 Å². The summed E-state index contributed by atoms with van der Waals surface area (Å²) in [6.07, 6.45) is 3.65. The predicted octanol–water partition coefficient (Wildman–Crippen LogP) is 4.03. The molecule has 3 aliphatic rings. The van der Waals surface area contributed by atoms with E-state index in [1.807, 2.05) is 0 Å². The van der Waals surface area contributed by atoms with Crippen molar-refractivity contribution < 1.29 is 9.47 Å². The first-order chi connectivity index (χ1) is 18.7. The Morgan fingerprint density at radius 3 is 2.87 bits per heavy atom. The fraction of sp³-hybridized carbons (Fsp3) is 0.500. The number of fused-ring (bicyclic) bond motifs is 2. The lowest BCUT2D eigenvalue weighted by Crippen LogP contribution is -2.46. The van der Waals surface area contributed by atoms with Crippen molar-refractivity contribution in [2.75, 3.05) is 62.8 Å². The summed E-state index contributed by atoms with van der Waals surface area (Å²) in [5, 5.41) is 11.8. The summed E-state index contributed by atoms with van der Waals surface area (Å²) in [4.78, 5) is 17.1. The highest BCUT2D eigenvalue weighted by molar-refractivity contribution is 5.94. The van der Waals surface area contributed by atoms with Gasteiger partial charge in [0, 0.05) is 49.2 Å². The molecule has 2 saturated heterocycles. The molecule has 38 heavy (non-hydrogen) atoms. The molecule has 1 unspecified atom stereocenters. The van der Waals surface area contributed by atoms with Gasteiger partial charge in [-0.05, 0) is 43.7 Å². The maximum Gasteiger partial charge on any atom is 0.318 e. The number of nitriles is 1.